The molecule has 0 spiro atoms. The van der Waals surface area contributed by atoms with E-state index >= 15 is 0 Å². The Hall–Kier alpha value is -2.61. The van der Waals surface area contributed by atoms with Crippen LogP contribution in [-0.2, 0) is 14.3 Å². The molecule has 1 aliphatic rings. The van der Waals surface area contributed by atoms with E-state index in [0.717, 1.165) is 19.3 Å². The lowest BCUT2D eigenvalue weighted by atomic mass is 9.75. The van der Waals surface area contributed by atoms with Crippen LogP contribution in [0.25, 0.3) is 0 Å². The van der Waals surface area contributed by atoms with Crippen LogP contribution in [0.4, 0.5) is 20.2 Å². The van der Waals surface area contributed by atoms with Gasteiger partial charge in [0.25, 0.3) is 5.76 Å². The Morgan fingerprint density at radius 2 is 1.79 bits per heavy atom. The van der Waals surface area contributed by atoms with Gasteiger partial charge in [0.2, 0.25) is 0 Å². The van der Waals surface area contributed by atoms with Crippen molar-refractivity contribution >= 4 is 35.1 Å². The molecule has 0 unspecified atom stereocenters. The minimum Gasteiger partial charge on any atom is -0.460 e. The summed E-state index contributed by atoms with van der Waals surface area (Å²) in [6.07, 6.45) is 2.82. The van der Waals surface area contributed by atoms with Crippen LogP contribution in [0.1, 0.15) is 50.4 Å². The maximum absolute atomic E-state index is 12.7. The second kappa shape index (κ2) is 12.2. The van der Waals surface area contributed by atoms with Gasteiger partial charge >= 0.3 is 11.9 Å². The number of carbonyl (C=O) groups excluding carboxylic acids is 2. The zero-order chi connectivity index (χ0) is 24.7. The van der Waals surface area contributed by atoms with Crippen molar-refractivity contribution in [3.05, 3.63) is 54.1 Å². The molecule has 1 fully saturated rings. The Labute approximate surface area is 203 Å². The third kappa shape index (κ3) is 7.45. The summed E-state index contributed by atoms with van der Waals surface area (Å²) in [6.45, 7) is 5.97. The summed E-state index contributed by atoms with van der Waals surface area (Å²) < 4.78 is 36.0. The summed E-state index contributed by atoms with van der Waals surface area (Å²) in [5.41, 5.74) is 1.37. The summed E-state index contributed by atoms with van der Waals surface area (Å²) in [7, 11) is 0. The number of hydrogen-bond donors (Lipinski definition) is 1. The van der Waals surface area contributed by atoms with Gasteiger partial charge in [0, 0.05) is 10.6 Å². The molecule has 5 nitrogen and oxygen atoms in total. The van der Waals surface area contributed by atoms with Gasteiger partial charge < -0.3 is 14.8 Å². The average molecular weight is 492 g/mol. The molecule has 2 aromatic rings. The quantitative estimate of drug-likeness (QED) is 0.304. The first-order valence-corrected chi connectivity index (χ1v) is 12.4. The number of anilines is 2. The molecule has 0 amide bonds. The van der Waals surface area contributed by atoms with E-state index in [-0.39, 0.29) is 11.7 Å². The molecule has 0 aromatic heterocycles. The highest BCUT2D eigenvalue weighted by atomic mass is 32.2. The minimum atomic E-state index is -2.49. The van der Waals surface area contributed by atoms with Crippen LogP contribution in [0.2, 0.25) is 0 Å². The Balaban J connectivity index is 1.58. The van der Waals surface area contributed by atoms with Gasteiger partial charge in [-0.15, -0.1) is 0 Å². The highest BCUT2D eigenvalue weighted by molar-refractivity contribution is 7.99. The fraction of sp³-hybridized carbons (Fsp3) is 0.462. The molecular formula is C26H31F2NO4S. The number of thioether (sulfide) groups is 1. The van der Waals surface area contributed by atoms with Crippen LogP contribution in [0.3, 0.4) is 0 Å². The average Bonchev–Trinajstić information content (AvgIpc) is 2.78. The van der Waals surface area contributed by atoms with Gasteiger partial charge in [0.15, 0.2) is 6.61 Å². The normalized spacial score (nSPS) is 20.3. The van der Waals surface area contributed by atoms with E-state index in [0.29, 0.717) is 45.8 Å². The van der Waals surface area contributed by atoms with Crippen molar-refractivity contribution in [3.63, 3.8) is 0 Å². The van der Waals surface area contributed by atoms with E-state index in [1.54, 1.807) is 48.5 Å². The largest absolute Gasteiger partial charge is 0.460 e. The van der Waals surface area contributed by atoms with Crippen LogP contribution >= 0.6 is 11.8 Å². The standard InChI is InChI=1S/C26H31F2NO4S/c1-16(2)20-13-8-17(3)14-23(20)33-24(30)15-32-25(31)21-6-4-5-7-22(21)29-18-9-11-19(12-10-18)34-26(27)28/h4-7,9-12,16-17,20,23,26,29H,8,13-15H2,1-3H3/t17-,20+,23-/m1/s1. The monoisotopic (exact) mass is 491 g/mol. The molecule has 0 saturated heterocycles. The number of benzene rings is 2. The Kier molecular flexibility index (Phi) is 9.33. The number of nitrogens with one attached hydrogen (secondary N) is 1. The molecule has 0 bridgehead atoms. The van der Waals surface area contributed by atoms with E-state index in [2.05, 4.69) is 26.1 Å². The molecule has 1 N–H and O–H groups in total. The van der Waals surface area contributed by atoms with E-state index in [4.69, 9.17) is 9.47 Å². The van der Waals surface area contributed by atoms with Crippen molar-refractivity contribution in [2.75, 3.05) is 11.9 Å². The summed E-state index contributed by atoms with van der Waals surface area (Å²) in [5.74, 6) is -2.46. The number of para-hydroxylation sites is 1. The van der Waals surface area contributed by atoms with Crippen LogP contribution < -0.4 is 5.32 Å². The molecule has 184 valence electrons. The number of carbonyl (C=O) groups is 2. The van der Waals surface area contributed by atoms with Crippen molar-refractivity contribution in [1.29, 1.82) is 0 Å². The fourth-order valence-corrected chi connectivity index (χ4v) is 4.80. The third-order valence-electron chi connectivity index (χ3n) is 6.07. The fourth-order valence-electron chi connectivity index (χ4n) is 4.30. The van der Waals surface area contributed by atoms with Crippen molar-refractivity contribution in [2.45, 2.75) is 56.8 Å². The lowest BCUT2D eigenvalue weighted by Gasteiger charge is -2.36. The number of rotatable bonds is 9. The maximum atomic E-state index is 12.7. The molecule has 1 saturated carbocycles. The molecule has 0 aliphatic heterocycles. The lowest BCUT2D eigenvalue weighted by molar-refractivity contribution is -0.159. The first kappa shape index (κ1) is 26.0. The number of ether oxygens (including phenoxy) is 2. The number of alkyl halides is 2. The highest BCUT2D eigenvalue weighted by Crippen LogP contribution is 2.35. The van der Waals surface area contributed by atoms with Crippen molar-refractivity contribution in [2.24, 2.45) is 17.8 Å². The highest BCUT2D eigenvalue weighted by Gasteiger charge is 2.33. The van der Waals surface area contributed by atoms with Gasteiger partial charge in [0.1, 0.15) is 6.10 Å². The van der Waals surface area contributed by atoms with Gasteiger partial charge in [-0.2, -0.15) is 8.78 Å². The van der Waals surface area contributed by atoms with Crippen molar-refractivity contribution < 1.29 is 27.8 Å². The van der Waals surface area contributed by atoms with Gasteiger partial charge in [-0.05, 0) is 67.0 Å². The molecule has 34 heavy (non-hydrogen) atoms. The molecule has 0 radical (unpaired) electrons. The molecule has 1 aliphatic carbocycles. The minimum absolute atomic E-state index is 0.157. The van der Waals surface area contributed by atoms with Crippen LogP contribution in [0.5, 0.6) is 0 Å². The number of esters is 2. The van der Waals surface area contributed by atoms with Crippen LogP contribution in [0, 0.1) is 17.8 Å². The first-order chi connectivity index (χ1) is 16.2. The topological polar surface area (TPSA) is 64.6 Å². The summed E-state index contributed by atoms with van der Waals surface area (Å²) in [4.78, 5) is 25.6. The molecule has 8 heteroatoms. The number of halogens is 2. The number of hydrogen-bond acceptors (Lipinski definition) is 6. The van der Waals surface area contributed by atoms with Gasteiger partial charge in [0.05, 0.1) is 11.3 Å². The zero-order valence-electron chi connectivity index (χ0n) is 19.6. The van der Waals surface area contributed by atoms with Crippen LogP contribution in [0.15, 0.2) is 53.4 Å². The van der Waals surface area contributed by atoms with Gasteiger partial charge in [-0.3, -0.25) is 0 Å². The predicted octanol–water partition coefficient (Wildman–Crippen LogP) is 6.91. The smallest absolute Gasteiger partial charge is 0.344 e. The second-order valence-electron chi connectivity index (χ2n) is 9.00. The molecular weight excluding hydrogens is 460 g/mol. The maximum Gasteiger partial charge on any atom is 0.344 e. The van der Waals surface area contributed by atoms with E-state index < -0.39 is 24.3 Å². The third-order valence-corrected chi connectivity index (χ3v) is 6.79. The van der Waals surface area contributed by atoms with Crippen LogP contribution in [-0.4, -0.2) is 30.4 Å². The molecule has 3 rings (SSSR count). The summed E-state index contributed by atoms with van der Waals surface area (Å²) >= 11 is 0.466. The summed E-state index contributed by atoms with van der Waals surface area (Å²) in [5, 5.41) is 3.10. The van der Waals surface area contributed by atoms with Crippen molar-refractivity contribution in [3.8, 4) is 0 Å². The van der Waals surface area contributed by atoms with Crippen molar-refractivity contribution in [1.82, 2.24) is 0 Å². The Morgan fingerprint density at radius 1 is 1.09 bits per heavy atom. The molecule has 3 atom stereocenters. The first-order valence-electron chi connectivity index (χ1n) is 11.5. The summed E-state index contributed by atoms with van der Waals surface area (Å²) in [6, 6.07) is 13.2. The second-order valence-corrected chi connectivity index (χ2v) is 10.1. The molecule has 0 heterocycles. The van der Waals surface area contributed by atoms with E-state index in [1.807, 2.05) is 0 Å². The SMILES string of the molecule is CC(C)[C@@H]1CC[C@@H](C)C[C@H]1OC(=O)COC(=O)c1ccccc1Nc1ccc(SC(F)F)cc1. The Bertz CT molecular complexity index is 968. The lowest BCUT2D eigenvalue weighted by Crippen LogP contribution is -2.36. The Morgan fingerprint density at radius 3 is 2.47 bits per heavy atom. The van der Waals surface area contributed by atoms with E-state index in [9.17, 15) is 18.4 Å². The predicted molar refractivity (Wildman–Crippen MR) is 130 cm³/mol. The molecule has 2 aromatic carbocycles. The zero-order valence-corrected chi connectivity index (χ0v) is 20.4. The van der Waals surface area contributed by atoms with Gasteiger partial charge in [-0.1, -0.05) is 51.1 Å². The van der Waals surface area contributed by atoms with Gasteiger partial charge in [-0.25, -0.2) is 9.59 Å². The van der Waals surface area contributed by atoms with E-state index in [1.165, 1.54) is 0 Å².